The fraction of sp³-hybridized carbons (Fsp3) is 0.467. The molecular weight excluding hydrogens is 404 g/mol. The zero-order valence-corrected chi connectivity index (χ0v) is 21.3. The number of aryl methyl sites for hydroxylation is 2. The van der Waals surface area contributed by atoms with Gasteiger partial charge in [0.05, 0.1) is 10.9 Å². The maximum absolute atomic E-state index is 8.67. The number of hydrogen-bond acceptors (Lipinski definition) is 2. The molecule has 3 heteroatoms. The summed E-state index contributed by atoms with van der Waals surface area (Å²) in [6, 6.07) is 8.22. The first-order chi connectivity index (χ1) is 16.3. The van der Waals surface area contributed by atoms with Gasteiger partial charge >= 0.3 is 0 Å². The van der Waals surface area contributed by atoms with Crippen molar-refractivity contribution in [3.63, 3.8) is 0 Å². The van der Waals surface area contributed by atoms with Crippen LogP contribution in [-0.4, -0.2) is 4.98 Å². The Bertz CT molecular complexity index is 1480. The molecule has 4 aromatic rings. The summed E-state index contributed by atoms with van der Waals surface area (Å²) in [5.41, 5.74) is 8.05. The highest BCUT2D eigenvalue weighted by Crippen LogP contribution is 2.50. The molecule has 3 heterocycles. The minimum Gasteiger partial charge on any atom is -0.437 e. The van der Waals surface area contributed by atoms with Crippen molar-refractivity contribution in [1.82, 2.24) is 4.98 Å². The number of pyridine rings is 2. The molecule has 3 nitrogen and oxygen atoms in total. The molecule has 0 fully saturated rings. The van der Waals surface area contributed by atoms with Crippen LogP contribution in [0.25, 0.3) is 33.3 Å². The fourth-order valence-electron chi connectivity index (χ4n) is 5.56. The Labute approximate surface area is 200 Å². The zero-order valence-electron chi connectivity index (χ0n) is 23.3. The molecule has 0 aliphatic heterocycles. The SMILES string of the molecule is [2H]C([2H])(c1cc[n+](C)c(-c2c(C)ccc3c2oc2ncc4c(c23)C(C)(C)CCC4(C)C)c1)C(C)C. The second-order valence-corrected chi connectivity index (χ2v) is 11.4. The van der Waals surface area contributed by atoms with E-state index < -0.39 is 6.37 Å². The lowest BCUT2D eigenvalue weighted by Gasteiger charge is -2.41. The Kier molecular flexibility index (Phi) is 4.44. The van der Waals surface area contributed by atoms with Gasteiger partial charge in [-0.1, -0.05) is 53.7 Å². The van der Waals surface area contributed by atoms with Gasteiger partial charge in [-0.05, 0) is 65.1 Å². The lowest BCUT2D eigenvalue weighted by Crippen LogP contribution is -2.34. The lowest BCUT2D eigenvalue weighted by molar-refractivity contribution is -0.660. The van der Waals surface area contributed by atoms with Crippen molar-refractivity contribution in [3.05, 3.63) is 58.9 Å². The number of fused-ring (bicyclic) bond motifs is 5. The first-order valence-corrected chi connectivity index (χ1v) is 12.1. The van der Waals surface area contributed by atoms with Crippen LogP contribution in [0, 0.1) is 12.8 Å². The van der Waals surface area contributed by atoms with Crippen LogP contribution in [0.1, 0.15) is 79.4 Å². The minimum absolute atomic E-state index is 0.0335. The van der Waals surface area contributed by atoms with Gasteiger partial charge in [0.25, 0.3) is 0 Å². The standard InChI is InChI=1S/C30H37N2O/c1-18(2)15-20-11-14-32(8)23(16-20)24-19(3)9-10-21-25-26-22(17-31-28(25)33-27(21)24)29(4,5)12-13-30(26,6)7/h9-11,14,16-18H,12-13,15H2,1-8H3/q+1/i15D2. The van der Waals surface area contributed by atoms with Crippen LogP contribution in [0.4, 0.5) is 0 Å². The molecule has 33 heavy (non-hydrogen) atoms. The predicted octanol–water partition coefficient (Wildman–Crippen LogP) is 7.33. The number of benzene rings is 1. The largest absolute Gasteiger partial charge is 0.437 e. The Morgan fingerprint density at radius 3 is 2.58 bits per heavy atom. The van der Waals surface area contributed by atoms with Crippen LogP contribution in [-0.2, 0) is 24.3 Å². The molecule has 1 aromatic carbocycles. The number of nitrogens with zero attached hydrogens (tertiary/aromatic N) is 2. The molecule has 0 saturated carbocycles. The number of furan rings is 1. The Hall–Kier alpha value is -2.68. The van der Waals surface area contributed by atoms with E-state index in [4.69, 9.17) is 12.1 Å². The first kappa shape index (κ1) is 19.8. The number of rotatable bonds is 3. The van der Waals surface area contributed by atoms with E-state index >= 15 is 0 Å². The number of hydrogen-bond donors (Lipinski definition) is 0. The lowest BCUT2D eigenvalue weighted by atomic mass is 9.63. The number of aromatic nitrogens is 2. The Morgan fingerprint density at radius 2 is 1.85 bits per heavy atom. The van der Waals surface area contributed by atoms with E-state index in [1.807, 2.05) is 45.4 Å². The van der Waals surface area contributed by atoms with Gasteiger partial charge in [0, 0.05) is 26.5 Å². The molecule has 0 bridgehead atoms. The molecule has 3 aromatic heterocycles. The second-order valence-electron chi connectivity index (χ2n) is 11.4. The smallest absolute Gasteiger partial charge is 0.227 e. The maximum atomic E-state index is 8.67. The molecule has 1 aliphatic rings. The monoisotopic (exact) mass is 443 g/mol. The summed E-state index contributed by atoms with van der Waals surface area (Å²) in [6.45, 7) is 15.3. The van der Waals surface area contributed by atoms with E-state index in [0.29, 0.717) is 11.3 Å². The van der Waals surface area contributed by atoms with Crippen LogP contribution >= 0.6 is 0 Å². The average molecular weight is 444 g/mol. The molecule has 0 radical (unpaired) electrons. The van der Waals surface area contributed by atoms with E-state index in [2.05, 4.69) is 51.3 Å². The van der Waals surface area contributed by atoms with E-state index in [9.17, 15) is 0 Å². The topological polar surface area (TPSA) is 29.9 Å². The van der Waals surface area contributed by atoms with Crippen molar-refractivity contribution in [3.8, 4) is 11.3 Å². The summed E-state index contributed by atoms with van der Waals surface area (Å²) in [5.74, 6) is -0.132. The normalized spacial score (nSPS) is 18.5. The van der Waals surface area contributed by atoms with Crippen molar-refractivity contribution >= 4 is 22.1 Å². The fourth-order valence-corrected chi connectivity index (χ4v) is 5.56. The molecule has 0 atom stereocenters. The summed E-state index contributed by atoms with van der Waals surface area (Å²) < 4.78 is 25.9. The third-order valence-electron chi connectivity index (χ3n) is 7.52. The van der Waals surface area contributed by atoms with Crippen molar-refractivity contribution < 1.29 is 11.7 Å². The zero-order chi connectivity index (χ0) is 25.5. The third kappa shape index (κ3) is 3.48. The molecule has 172 valence electrons. The Balaban J connectivity index is 1.86. The van der Waals surface area contributed by atoms with Gasteiger partial charge in [0.15, 0.2) is 11.8 Å². The second kappa shape index (κ2) is 7.41. The van der Waals surface area contributed by atoms with Gasteiger partial charge in [-0.3, -0.25) is 0 Å². The third-order valence-corrected chi connectivity index (χ3v) is 7.52. The highest BCUT2D eigenvalue weighted by molar-refractivity contribution is 6.11. The van der Waals surface area contributed by atoms with Crippen molar-refractivity contribution in [2.24, 2.45) is 13.0 Å². The van der Waals surface area contributed by atoms with Crippen molar-refractivity contribution in [1.29, 1.82) is 0 Å². The van der Waals surface area contributed by atoms with Crippen LogP contribution in [0.2, 0.25) is 0 Å². The van der Waals surface area contributed by atoms with Gasteiger partial charge in [0.2, 0.25) is 11.4 Å². The van der Waals surface area contributed by atoms with Gasteiger partial charge in [-0.15, -0.1) is 0 Å². The molecule has 0 saturated heterocycles. The molecule has 0 amide bonds. The van der Waals surface area contributed by atoms with Crippen LogP contribution in [0.3, 0.4) is 0 Å². The highest BCUT2D eigenvalue weighted by Gasteiger charge is 2.40. The molecule has 1 aliphatic carbocycles. The molecule has 0 unspecified atom stereocenters. The van der Waals surface area contributed by atoms with Crippen molar-refractivity contribution in [2.45, 2.75) is 78.5 Å². The molecular formula is C30H37N2O+. The highest BCUT2D eigenvalue weighted by atomic mass is 16.3. The van der Waals surface area contributed by atoms with E-state index in [0.717, 1.165) is 46.0 Å². The summed E-state index contributed by atoms with van der Waals surface area (Å²) in [4.78, 5) is 4.83. The van der Waals surface area contributed by atoms with Gasteiger partial charge < -0.3 is 4.42 Å². The summed E-state index contributed by atoms with van der Waals surface area (Å²) in [5, 5.41) is 2.22. The average Bonchev–Trinajstić information content (AvgIpc) is 3.15. The molecule has 0 spiro atoms. The van der Waals surface area contributed by atoms with E-state index in [-0.39, 0.29) is 16.7 Å². The summed E-state index contributed by atoms with van der Waals surface area (Å²) >= 11 is 0. The van der Waals surface area contributed by atoms with Crippen LogP contribution < -0.4 is 4.57 Å². The maximum Gasteiger partial charge on any atom is 0.227 e. The quantitative estimate of drug-likeness (QED) is 0.310. The minimum atomic E-state index is -1.42. The summed E-state index contributed by atoms with van der Waals surface area (Å²) in [6.07, 6.45) is 4.83. The van der Waals surface area contributed by atoms with Gasteiger partial charge in [-0.25, -0.2) is 9.55 Å². The van der Waals surface area contributed by atoms with Gasteiger partial charge in [-0.2, -0.15) is 0 Å². The van der Waals surface area contributed by atoms with Gasteiger partial charge in [0.1, 0.15) is 7.05 Å². The Morgan fingerprint density at radius 1 is 1.12 bits per heavy atom. The van der Waals surface area contributed by atoms with Crippen molar-refractivity contribution in [2.75, 3.05) is 0 Å². The van der Waals surface area contributed by atoms with E-state index in [1.165, 1.54) is 11.1 Å². The predicted molar refractivity (Wildman–Crippen MR) is 137 cm³/mol. The van der Waals surface area contributed by atoms with E-state index in [1.54, 1.807) is 0 Å². The van der Waals surface area contributed by atoms with Crippen LogP contribution in [0.15, 0.2) is 41.1 Å². The molecule has 0 N–H and O–H groups in total. The summed E-state index contributed by atoms with van der Waals surface area (Å²) in [7, 11) is 2.01. The first-order valence-electron chi connectivity index (χ1n) is 13.1. The van der Waals surface area contributed by atoms with Crippen LogP contribution in [0.5, 0.6) is 0 Å². The molecule has 5 rings (SSSR count).